The zero-order valence-corrected chi connectivity index (χ0v) is 17.5. The van der Waals surface area contributed by atoms with Gasteiger partial charge in [0, 0.05) is 38.3 Å². The first-order valence-electron chi connectivity index (χ1n) is 7.92. The first-order chi connectivity index (χ1) is 11.7. The Kier molecular flexibility index (Phi) is 7.24. The molecule has 25 heavy (non-hydrogen) atoms. The van der Waals surface area contributed by atoms with Crippen LogP contribution in [0.15, 0.2) is 28.7 Å². The van der Waals surface area contributed by atoms with E-state index in [-0.39, 0.29) is 36.4 Å². The largest absolute Gasteiger partial charge is 0.351 e. The van der Waals surface area contributed by atoms with Gasteiger partial charge in [-0.3, -0.25) is 14.5 Å². The number of carbonyl (C=O) groups is 1. The van der Waals surface area contributed by atoms with Gasteiger partial charge >= 0.3 is 0 Å². The molecule has 0 fully saturated rings. The number of fused-ring (bicyclic) bond motifs is 1. The Morgan fingerprint density at radius 1 is 1.40 bits per heavy atom. The highest BCUT2D eigenvalue weighted by Crippen LogP contribution is 2.23. The van der Waals surface area contributed by atoms with Crippen molar-refractivity contribution in [3.8, 4) is 0 Å². The molecule has 0 aliphatic carbocycles. The van der Waals surface area contributed by atoms with Gasteiger partial charge in [-0.05, 0) is 29.5 Å². The molecule has 1 amide bonds. The topological polar surface area (TPSA) is 74.6 Å². The number of amides is 1. The van der Waals surface area contributed by atoms with Crippen LogP contribution in [0.25, 0.3) is 0 Å². The molecule has 9 heteroatoms. The monoisotopic (exact) mass is 474 g/mol. The summed E-state index contributed by atoms with van der Waals surface area (Å²) in [5.74, 6) is 0.702. The Balaban J connectivity index is 0.00000225. The van der Waals surface area contributed by atoms with Crippen molar-refractivity contribution in [3.63, 3.8) is 0 Å². The molecule has 2 aromatic heterocycles. The molecule has 3 rings (SSSR count). The van der Waals surface area contributed by atoms with E-state index < -0.39 is 0 Å². The van der Waals surface area contributed by atoms with E-state index in [1.807, 2.05) is 18.0 Å². The zero-order valence-electron chi connectivity index (χ0n) is 14.4. The van der Waals surface area contributed by atoms with Crippen LogP contribution in [-0.4, -0.2) is 46.7 Å². The molecule has 0 spiro atoms. The molecular weight excluding hydrogens is 451 g/mol. The molecule has 3 heterocycles. The molecular formula is C16H23IN6OS. The number of halogens is 1. The molecule has 0 saturated heterocycles. The number of hydrogen-bond donors (Lipinski definition) is 2. The van der Waals surface area contributed by atoms with Crippen molar-refractivity contribution in [2.24, 2.45) is 12.0 Å². The molecule has 0 unspecified atom stereocenters. The standard InChI is InChI=1S/C16H22N6OS.HI/c1-17-16(18-9-13-3-6-20-21(13)2)19-10-15(23)22-7-4-14-12(11-22)5-8-24-14;/h3,5-6,8H,4,7,9-11H2,1-2H3,(H2,17,18,19);1H. The number of aryl methyl sites for hydroxylation is 1. The van der Waals surface area contributed by atoms with Crippen LogP contribution in [0.1, 0.15) is 16.1 Å². The number of guanidine groups is 1. The van der Waals surface area contributed by atoms with Crippen molar-refractivity contribution in [1.82, 2.24) is 25.3 Å². The van der Waals surface area contributed by atoms with Gasteiger partial charge in [0.05, 0.1) is 18.8 Å². The van der Waals surface area contributed by atoms with Crippen molar-refractivity contribution in [2.45, 2.75) is 19.5 Å². The molecule has 0 aromatic carbocycles. The highest BCUT2D eigenvalue weighted by molar-refractivity contribution is 14.0. The minimum absolute atomic E-state index is 0. The third-order valence-corrected chi connectivity index (χ3v) is 5.17. The maximum atomic E-state index is 12.4. The van der Waals surface area contributed by atoms with Gasteiger partial charge in [0.1, 0.15) is 0 Å². The lowest BCUT2D eigenvalue weighted by Gasteiger charge is -2.27. The zero-order chi connectivity index (χ0) is 16.9. The summed E-state index contributed by atoms with van der Waals surface area (Å²) in [6.45, 7) is 2.34. The molecule has 0 radical (unpaired) electrons. The summed E-state index contributed by atoms with van der Waals surface area (Å²) in [7, 11) is 3.59. The SMILES string of the molecule is CN=C(NCC(=O)N1CCc2sccc2C1)NCc1ccnn1C.I. The van der Waals surface area contributed by atoms with E-state index in [4.69, 9.17) is 0 Å². The third-order valence-electron chi connectivity index (χ3n) is 4.15. The summed E-state index contributed by atoms with van der Waals surface area (Å²) >= 11 is 1.78. The molecule has 1 aliphatic rings. The van der Waals surface area contributed by atoms with Crippen molar-refractivity contribution in [2.75, 3.05) is 20.1 Å². The minimum Gasteiger partial charge on any atom is -0.351 e. The predicted octanol–water partition coefficient (Wildman–Crippen LogP) is 1.35. The molecule has 136 valence electrons. The average Bonchev–Trinajstić information content (AvgIpc) is 3.22. The van der Waals surface area contributed by atoms with Crippen LogP contribution in [0, 0.1) is 0 Å². The molecule has 7 nitrogen and oxygen atoms in total. The van der Waals surface area contributed by atoms with E-state index in [0.29, 0.717) is 19.0 Å². The fraction of sp³-hybridized carbons (Fsp3) is 0.438. The maximum Gasteiger partial charge on any atom is 0.242 e. The van der Waals surface area contributed by atoms with Crippen LogP contribution in [0.2, 0.25) is 0 Å². The molecule has 1 aliphatic heterocycles. The van der Waals surface area contributed by atoms with Crippen LogP contribution < -0.4 is 10.6 Å². The lowest BCUT2D eigenvalue weighted by molar-refractivity contribution is -0.130. The number of rotatable bonds is 4. The van der Waals surface area contributed by atoms with Crippen LogP contribution in [-0.2, 0) is 31.4 Å². The van der Waals surface area contributed by atoms with Gasteiger partial charge in [0.25, 0.3) is 0 Å². The maximum absolute atomic E-state index is 12.4. The molecule has 2 N–H and O–H groups in total. The minimum atomic E-state index is 0. The first-order valence-corrected chi connectivity index (χ1v) is 8.79. The highest BCUT2D eigenvalue weighted by atomic mass is 127. The average molecular weight is 474 g/mol. The lowest BCUT2D eigenvalue weighted by atomic mass is 10.1. The van der Waals surface area contributed by atoms with Gasteiger partial charge in [-0.2, -0.15) is 5.10 Å². The second kappa shape index (κ2) is 9.18. The van der Waals surface area contributed by atoms with E-state index in [1.165, 1.54) is 10.4 Å². The Hall–Kier alpha value is -1.62. The summed E-state index contributed by atoms with van der Waals surface area (Å²) in [5, 5.41) is 12.5. The summed E-state index contributed by atoms with van der Waals surface area (Å²) in [5.41, 5.74) is 2.32. The fourth-order valence-electron chi connectivity index (χ4n) is 2.70. The number of nitrogens with zero attached hydrogens (tertiary/aromatic N) is 4. The quantitative estimate of drug-likeness (QED) is 0.399. The van der Waals surface area contributed by atoms with Crippen LogP contribution >= 0.6 is 35.3 Å². The first kappa shape index (κ1) is 19.7. The number of thiophene rings is 1. The van der Waals surface area contributed by atoms with Gasteiger partial charge < -0.3 is 15.5 Å². The summed E-state index contributed by atoms with van der Waals surface area (Å²) in [6.07, 6.45) is 2.71. The van der Waals surface area contributed by atoms with E-state index in [2.05, 4.69) is 32.2 Å². The Bertz CT molecular complexity index is 741. The Morgan fingerprint density at radius 3 is 2.96 bits per heavy atom. The molecule has 2 aromatic rings. The number of carbonyl (C=O) groups excluding carboxylic acids is 1. The molecule has 0 bridgehead atoms. The summed E-state index contributed by atoms with van der Waals surface area (Å²) < 4.78 is 1.80. The van der Waals surface area contributed by atoms with E-state index in [9.17, 15) is 4.79 Å². The highest BCUT2D eigenvalue weighted by Gasteiger charge is 2.21. The Labute approximate surface area is 168 Å². The number of aliphatic imine (C=N–C) groups is 1. The van der Waals surface area contributed by atoms with Crippen LogP contribution in [0.5, 0.6) is 0 Å². The lowest BCUT2D eigenvalue weighted by Crippen LogP contribution is -2.45. The number of hydrogen-bond acceptors (Lipinski definition) is 4. The second-order valence-electron chi connectivity index (χ2n) is 5.66. The van der Waals surface area contributed by atoms with Crippen molar-refractivity contribution in [3.05, 3.63) is 39.8 Å². The van der Waals surface area contributed by atoms with Crippen molar-refractivity contribution in [1.29, 1.82) is 0 Å². The van der Waals surface area contributed by atoms with E-state index >= 15 is 0 Å². The van der Waals surface area contributed by atoms with Gasteiger partial charge in [-0.15, -0.1) is 35.3 Å². The second-order valence-corrected chi connectivity index (χ2v) is 6.66. The normalized spacial score (nSPS) is 13.8. The fourth-order valence-corrected chi connectivity index (χ4v) is 3.59. The smallest absolute Gasteiger partial charge is 0.242 e. The summed E-state index contributed by atoms with van der Waals surface area (Å²) in [6, 6.07) is 4.05. The number of nitrogens with one attached hydrogen (secondary N) is 2. The van der Waals surface area contributed by atoms with Gasteiger partial charge in [-0.25, -0.2) is 0 Å². The third kappa shape index (κ3) is 4.94. The summed E-state index contributed by atoms with van der Waals surface area (Å²) in [4.78, 5) is 19.9. The van der Waals surface area contributed by atoms with E-state index in [0.717, 1.165) is 18.7 Å². The number of aromatic nitrogens is 2. The van der Waals surface area contributed by atoms with Gasteiger partial charge in [-0.1, -0.05) is 0 Å². The Morgan fingerprint density at radius 2 is 2.24 bits per heavy atom. The molecule has 0 atom stereocenters. The van der Waals surface area contributed by atoms with E-state index in [1.54, 1.807) is 29.3 Å². The van der Waals surface area contributed by atoms with Crippen molar-refractivity contribution < 1.29 is 4.79 Å². The molecule has 0 saturated carbocycles. The predicted molar refractivity (Wildman–Crippen MR) is 110 cm³/mol. The van der Waals surface area contributed by atoms with Gasteiger partial charge in [0.2, 0.25) is 5.91 Å². The van der Waals surface area contributed by atoms with Crippen LogP contribution in [0.4, 0.5) is 0 Å². The van der Waals surface area contributed by atoms with Crippen molar-refractivity contribution >= 4 is 47.2 Å². The van der Waals surface area contributed by atoms with Gasteiger partial charge in [0.15, 0.2) is 5.96 Å². The van der Waals surface area contributed by atoms with Crippen LogP contribution in [0.3, 0.4) is 0 Å².